The molecule has 0 radical (unpaired) electrons. The van der Waals surface area contributed by atoms with Gasteiger partial charge in [0.05, 0.1) is 17.3 Å². The number of halogens is 4. The molecule has 0 heterocycles. The first-order chi connectivity index (χ1) is 13.5. The number of anilines is 1. The van der Waals surface area contributed by atoms with Gasteiger partial charge in [-0.05, 0) is 57.9 Å². The van der Waals surface area contributed by atoms with Crippen molar-refractivity contribution in [2.45, 2.75) is 13.2 Å². The van der Waals surface area contributed by atoms with Crippen LogP contribution in [-0.2, 0) is 13.2 Å². The molecule has 3 aromatic rings. The highest BCUT2D eigenvalue weighted by Crippen LogP contribution is 2.38. The highest BCUT2D eigenvalue weighted by molar-refractivity contribution is 9.10. The smallest absolute Gasteiger partial charge is 0.175 e. The molecule has 0 unspecified atom stereocenters. The van der Waals surface area contributed by atoms with E-state index in [4.69, 9.17) is 32.7 Å². The summed E-state index contributed by atoms with van der Waals surface area (Å²) in [7, 11) is 1.57. The van der Waals surface area contributed by atoms with Crippen molar-refractivity contribution in [2.75, 3.05) is 12.4 Å². The van der Waals surface area contributed by atoms with Gasteiger partial charge in [-0.2, -0.15) is 0 Å². The van der Waals surface area contributed by atoms with Crippen LogP contribution >= 0.6 is 39.1 Å². The normalized spacial score (nSPS) is 10.6. The minimum atomic E-state index is -0.298. The van der Waals surface area contributed by atoms with Crippen molar-refractivity contribution in [2.24, 2.45) is 0 Å². The second-order valence-corrected chi connectivity index (χ2v) is 7.66. The molecule has 0 aliphatic heterocycles. The summed E-state index contributed by atoms with van der Waals surface area (Å²) in [6, 6.07) is 15.5. The van der Waals surface area contributed by atoms with E-state index in [1.165, 1.54) is 6.07 Å². The molecule has 0 atom stereocenters. The van der Waals surface area contributed by atoms with Crippen LogP contribution in [0.2, 0.25) is 10.0 Å². The maximum atomic E-state index is 13.8. The predicted octanol–water partition coefficient (Wildman–Crippen LogP) is 7.09. The second-order valence-electron chi connectivity index (χ2n) is 5.97. The van der Waals surface area contributed by atoms with Crippen LogP contribution < -0.4 is 14.8 Å². The fourth-order valence-electron chi connectivity index (χ4n) is 2.61. The van der Waals surface area contributed by atoms with E-state index < -0.39 is 0 Å². The van der Waals surface area contributed by atoms with Crippen LogP contribution in [0.5, 0.6) is 11.5 Å². The minimum absolute atomic E-state index is 0.262. The lowest BCUT2D eigenvalue weighted by atomic mass is 10.2. The van der Waals surface area contributed by atoms with Crippen LogP contribution in [0.3, 0.4) is 0 Å². The number of benzene rings is 3. The van der Waals surface area contributed by atoms with Gasteiger partial charge in [0.25, 0.3) is 0 Å². The summed E-state index contributed by atoms with van der Waals surface area (Å²) in [5.74, 6) is 0.821. The summed E-state index contributed by atoms with van der Waals surface area (Å²) >= 11 is 15.6. The van der Waals surface area contributed by atoms with Gasteiger partial charge in [-0.3, -0.25) is 0 Å². The van der Waals surface area contributed by atoms with Crippen molar-refractivity contribution >= 4 is 44.8 Å². The summed E-state index contributed by atoms with van der Waals surface area (Å²) < 4.78 is 25.9. The number of para-hydroxylation sites is 1. The van der Waals surface area contributed by atoms with Gasteiger partial charge in [0.15, 0.2) is 11.5 Å². The zero-order valence-corrected chi connectivity index (χ0v) is 18.0. The summed E-state index contributed by atoms with van der Waals surface area (Å²) in [5.41, 5.74) is 2.16. The Morgan fingerprint density at radius 1 is 1.07 bits per heavy atom. The molecule has 0 bridgehead atoms. The molecule has 3 nitrogen and oxygen atoms in total. The van der Waals surface area contributed by atoms with Gasteiger partial charge in [0.1, 0.15) is 12.4 Å². The van der Waals surface area contributed by atoms with Gasteiger partial charge in [-0.15, -0.1) is 0 Å². The first kappa shape index (κ1) is 20.8. The van der Waals surface area contributed by atoms with E-state index >= 15 is 0 Å². The topological polar surface area (TPSA) is 30.5 Å². The van der Waals surface area contributed by atoms with Crippen molar-refractivity contribution in [3.63, 3.8) is 0 Å². The van der Waals surface area contributed by atoms with Crippen LogP contribution in [0.25, 0.3) is 0 Å². The molecule has 0 aliphatic rings. The SMILES string of the molecule is COc1cc(CNc2ccccc2F)cc(Br)c1OCc1ccc(Cl)cc1Cl. The third kappa shape index (κ3) is 5.10. The molecular weight excluding hydrogens is 468 g/mol. The number of hydrogen-bond donors (Lipinski definition) is 1. The highest BCUT2D eigenvalue weighted by Gasteiger charge is 2.13. The maximum Gasteiger partial charge on any atom is 0.175 e. The fraction of sp³-hybridized carbons (Fsp3) is 0.143. The van der Waals surface area contributed by atoms with Crippen molar-refractivity contribution < 1.29 is 13.9 Å². The minimum Gasteiger partial charge on any atom is -0.493 e. The first-order valence-electron chi connectivity index (χ1n) is 8.39. The van der Waals surface area contributed by atoms with Crippen LogP contribution in [0.4, 0.5) is 10.1 Å². The Hall–Kier alpha value is -1.95. The number of nitrogens with one attached hydrogen (secondary N) is 1. The van der Waals surface area contributed by atoms with E-state index in [1.807, 2.05) is 18.2 Å². The van der Waals surface area contributed by atoms with Crippen molar-refractivity contribution in [3.05, 3.63) is 86.1 Å². The standard InChI is InChI=1S/C21H17BrCl2FNO2/c1-27-20-9-13(11-26-19-5-3-2-4-18(19)25)8-16(22)21(20)28-12-14-6-7-15(23)10-17(14)24/h2-10,26H,11-12H2,1H3. The lowest BCUT2D eigenvalue weighted by molar-refractivity contribution is 0.282. The zero-order valence-electron chi connectivity index (χ0n) is 14.9. The Morgan fingerprint density at radius 2 is 1.86 bits per heavy atom. The van der Waals surface area contributed by atoms with Crippen LogP contribution in [0, 0.1) is 5.82 Å². The molecule has 28 heavy (non-hydrogen) atoms. The maximum absolute atomic E-state index is 13.8. The molecule has 0 spiro atoms. The molecule has 7 heteroatoms. The van der Waals surface area contributed by atoms with Gasteiger partial charge < -0.3 is 14.8 Å². The molecular formula is C21H17BrCl2FNO2. The van der Waals surface area contributed by atoms with Crippen molar-refractivity contribution in [1.82, 2.24) is 0 Å². The second kappa shape index (κ2) is 9.50. The number of hydrogen-bond acceptors (Lipinski definition) is 3. The zero-order chi connectivity index (χ0) is 20.1. The predicted molar refractivity (Wildman–Crippen MR) is 115 cm³/mol. The summed E-state index contributed by atoms with van der Waals surface area (Å²) in [6.45, 7) is 0.691. The molecule has 0 amide bonds. The molecule has 3 aromatic carbocycles. The quantitative estimate of drug-likeness (QED) is 0.388. The van der Waals surface area contributed by atoms with E-state index in [2.05, 4.69) is 21.2 Å². The highest BCUT2D eigenvalue weighted by atomic mass is 79.9. The largest absolute Gasteiger partial charge is 0.493 e. The Bertz CT molecular complexity index is 985. The summed E-state index contributed by atoms with van der Waals surface area (Å²) in [4.78, 5) is 0. The molecule has 0 aliphatic carbocycles. The Balaban J connectivity index is 1.75. The fourth-order valence-corrected chi connectivity index (χ4v) is 3.67. The van der Waals surface area contributed by atoms with E-state index in [0.29, 0.717) is 33.8 Å². The Labute approximate surface area is 181 Å². The van der Waals surface area contributed by atoms with Crippen LogP contribution in [0.1, 0.15) is 11.1 Å². The lowest BCUT2D eigenvalue weighted by Gasteiger charge is -2.16. The third-order valence-electron chi connectivity index (χ3n) is 4.03. The van der Waals surface area contributed by atoms with Crippen molar-refractivity contribution in [3.8, 4) is 11.5 Å². The van der Waals surface area contributed by atoms with Gasteiger partial charge in [0.2, 0.25) is 0 Å². The lowest BCUT2D eigenvalue weighted by Crippen LogP contribution is -2.04. The van der Waals surface area contributed by atoms with E-state index in [1.54, 1.807) is 37.4 Å². The first-order valence-corrected chi connectivity index (χ1v) is 9.94. The Morgan fingerprint density at radius 3 is 2.57 bits per heavy atom. The molecule has 0 aromatic heterocycles. The van der Waals surface area contributed by atoms with E-state index in [0.717, 1.165) is 15.6 Å². The van der Waals surface area contributed by atoms with Gasteiger partial charge in [-0.1, -0.05) is 41.4 Å². The Kier molecular flexibility index (Phi) is 7.05. The molecule has 146 valence electrons. The monoisotopic (exact) mass is 483 g/mol. The summed E-state index contributed by atoms with van der Waals surface area (Å²) in [5, 5.41) is 4.18. The number of methoxy groups -OCH3 is 1. The van der Waals surface area contributed by atoms with Gasteiger partial charge >= 0.3 is 0 Å². The van der Waals surface area contributed by atoms with Crippen molar-refractivity contribution in [1.29, 1.82) is 0 Å². The van der Waals surface area contributed by atoms with E-state index in [-0.39, 0.29) is 12.4 Å². The molecule has 0 saturated heterocycles. The molecule has 1 N–H and O–H groups in total. The van der Waals surface area contributed by atoms with Crippen LogP contribution in [0.15, 0.2) is 59.1 Å². The number of rotatable bonds is 7. The van der Waals surface area contributed by atoms with Gasteiger partial charge in [-0.25, -0.2) is 4.39 Å². The molecule has 3 rings (SSSR count). The number of ether oxygens (including phenoxy) is 2. The van der Waals surface area contributed by atoms with Crippen LogP contribution in [-0.4, -0.2) is 7.11 Å². The average molecular weight is 485 g/mol. The molecule has 0 saturated carbocycles. The summed E-state index contributed by atoms with van der Waals surface area (Å²) in [6.07, 6.45) is 0. The third-order valence-corrected chi connectivity index (χ3v) is 5.21. The molecule has 0 fully saturated rings. The van der Waals surface area contributed by atoms with E-state index in [9.17, 15) is 4.39 Å². The average Bonchev–Trinajstić information content (AvgIpc) is 2.67. The van der Waals surface area contributed by atoms with Gasteiger partial charge in [0, 0.05) is 22.2 Å².